The first-order valence-corrected chi connectivity index (χ1v) is 5.89. The number of nitro benzene ring substituents is 1. The van der Waals surface area contributed by atoms with Gasteiger partial charge in [0.1, 0.15) is 5.82 Å². The topological polar surface area (TPSA) is 92.5 Å². The molecule has 0 aliphatic heterocycles. The maximum atomic E-state index is 13.5. The quantitative estimate of drug-likeness (QED) is 0.620. The lowest BCUT2D eigenvalue weighted by atomic mass is 10.1. The van der Waals surface area contributed by atoms with Gasteiger partial charge in [0.2, 0.25) is 0 Å². The normalized spacial score (nSPS) is 15.9. The summed E-state index contributed by atoms with van der Waals surface area (Å²) in [6.45, 7) is 0.0555. The minimum Gasteiger partial charge on any atom is -0.391 e. The van der Waals surface area contributed by atoms with Crippen molar-refractivity contribution >= 4 is 11.6 Å². The summed E-state index contributed by atoms with van der Waals surface area (Å²) < 4.78 is 13.5. The van der Waals surface area contributed by atoms with Gasteiger partial charge >= 0.3 is 0 Å². The molecule has 6 nitrogen and oxygen atoms in total. The molecule has 1 atom stereocenters. The van der Waals surface area contributed by atoms with Crippen molar-refractivity contribution in [1.82, 2.24) is 5.32 Å². The van der Waals surface area contributed by atoms with Crippen LogP contribution in [0.15, 0.2) is 18.2 Å². The van der Waals surface area contributed by atoms with E-state index in [0.29, 0.717) is 6.07 Å². The van der Waals surface area contributed by atoms with E-state index in [1.54, 1.807) is 0 Å². The molecule has 2 N–H and O–H groups in total. The number of aliphatic hydroxyl groups excluding tert-OH is 1. The summed E-state index contributed by atoms with van der Waals surface area (Å²) >= 11 is 0. The molecule has 0 heterocycles. The smallest absolute Gasteiger partial charge is 0.272 e. The van der Waals surface area contributed by atoms with E-state index in [0.717, 1.165) is 25.0 Å². The Morgan fingerprint density at radius 2 is 2.26 bits per heavy atom. The highest BCUT2D eigenvalue weighted by Crippen LogP contribution is 2.32. The molecule has 1 aromatic rings. The van der Waals surface area contributed by atoms with E-state index < -0.39 is 28.4 Å². The van der Waals surface area contributed by atoms with Crippen molar-refractivity contribution in [2.24, 2.45) is 5.92 Å². The van der Waals surface area contributed by atoms with Crippen LogP contribution in [0.2, 0.25) is 0 Å². The third-order valence-corrected chi connectivity index (χ3v) is 3.05. The van der Waals surface area contributed by atoms with Gasteiger partial charge in [0.15, 0.2) is 0 Å². The summed E-state index contributed by atoms with van der Waals surface area (Å²) in [4.78, 5) is 21.4. The van der Waals surface area contributed by atoms with E-state index in [9.17, 15) is 24.4 Å². The van der Waals surface area contributed by atoms with Crippen LogP contribution in [0.4, 0.5) is 10.1 Å². The lowest BCUT2D eigenvalue weighted by Gasteiger charge is -2.10. The fraction of sp³-hybridized carbons (Fsp3) is 0.417. The molecule has 1 aliphatic rings. The number of carbonyl (C=O) groups excluding carboxylic acids is 1. The monoisotopic (exact) mass is 268 g/mol. The maximum Gasteiger partial charge on any atom is 0.272 e. The van der Waals surface area contributed by atoms with Crippen molar-refractivity contribution in [3.8, 4) is 0 Å². The third kappa shape index (κ3) is 3.25. The lowest BCUT2D eigenvalue weighted by molar-refractivity contribution is -0.385. The van der Waals surface area contributed by atoms with Crippen LogP contribution in [-0.2, 0) is 0 Å². The molecular formula is C12H13FN2O4. The van der Waals surface area contributed by atoms with Crippen LogP contribution in [-0.4, -0.2) is 28.6 Å². The second kappa shape index (κ2) is 5.31. The zero-order valence-electron chi connectivity index (χ0n) is 10.0. The Labute approximate surface area is 108 Å². The Hall–Kier alpha value is -2.02. The van der Waals surface area contributed by atoms with Crippen LogP contribution in [0.1, 0.15) is 23.2 Å². The summed E-state index contributed by atoms with van der Waals surface area (Å²) in [6.07, 6.45) is 1.25. The van der Waals surface area contributed by atoms with Crippen molar-refractivity contribution in [2.75, 3.05) is 6.54 Å². The van der Waals surface area contributed by atoms with Crippen LogP contribution in [0.25, 0.3) is 0 Å². The predicted octanol–water partition coefficient (Wildman–Crippen LogP) is 1.23. The van der Waals surface area contributed by atoms with Crippen molar-refractivity contribution in [1.29, 1.82) is 0 Å². The van der Waals surface area contributed by atoms with E-state index in [-0.39, 0.29) is 18.0 Å². The average molecular weight is 268 g/mol. The summed E-state index contributed by atoms with van der Waals surface area (Å²) in [5, 5.41) is 22.4. The molecule has 0 saturated heterocycles. The van der Waals surface area contributed by atoms with Gasteiger partial charge in [0, 0.05) is 12.6 Å². The van der Waals surface area contributed by atoms with Crippen LogP contribution in [0.3, 0.4) is 0 Å². The van der Waals surface area contributed by atoms with E-state index in [1.807, 2.05) is 0 Å². The Kier molecular flexibility index (Phi) is 3.75. The molecule has 1 saturated carbocycles. The molecule has 1 aromatic carbocycles. The molecule has 7 heteroatoms. The molecule has 0 spiro atoms. The minimum atomic E-state index is -0.951. The molecule has 1 aliphatic carbocycles. The zero-order valence-corrected chi connectivity index (χ0v) is 10.0. The van der Waals surface area contributed by atoms with Crippen molar-refractivity contribution in [3.05, 3.63) is 39.7 Å². The number of hydrogen-bond donors (Lipinski definition) is 2. The van der Waals surface area contributed by atoms with Gasteiger partial charge in [-0.3, -0.25) is 14.9 Å². The van der Waals surface area contributed by atoms with E-state index in [4.69, 9.17) is 0 Å². The zero-order chi connectivity index (χ0) is 14.0. The Morgan fingerprint density at radius 3 is 2.79 bits per heavy atom. The molecule has 19 heavy (non-hydrogen) atoms. The number of aliphatic hydroxyl groups is 1. The summed E-state index contributed by atoms with van der Waals surface area (Å²) in [6, 6.07) is 2.83. The van der Waals surface area contributed by atoms with Crippen molar-refractivity contribution in [2.45, 2.75) is 18.9 Å². The van der Waals surface area contributed by atoms with Gasteiger partial charge in [-0.05, 0) is 24.8 Å². The number of halogens is 1. The fourth-order valence-corrected chi connectivity index (χ4v) is 1.74. The first-order valence-electron chi connectivity index (χ1n) is 5.89. The van der Waals surface area contributed by atoms with Crippen LogP contribution < -0.4 is 5.32 Å². The third-order valence-electron chi connectivity index (χ3n) is 3.05. The van der Waals surface area contributed by atoms with E-state index >= 15 is 0 Å². The summed E-state index contributed by atoms with van der Waals surface area (Å²) in [7, 11) is 0. The Balaban J connectivity index is 2.00. The van der Waals surface area contributed by atoms with Gasteiger partial charge in [-0.2, -0.15) is 0 Å². The van der Waals surface area contributed by atoms with Crippen LogP contribution in [0, 0.1) is 21.8 Å². The SMILES string of the molecule is O=C(NCC(O)C1CC1)c1ccc([N+](=O)[O-])cc1F. The molecule has 1 amide bonds. The number of amides is 1. The highest BCUT2D eigenvalue weighted by Gasteiger charge is 2.30. The van der Waals surface area contributed by atoms with Crippen molar-refractivity contribution in [3.63, 3.8) is 0 Å². The molecule has 1 unspecified atom stereocenters. The first-order chi connectivity index (χ1) is 8.99. The number of nitrogens with zero attached hydrogens (tertiary/aromatic N) is 1. The maximum absolute atomic E-state index is 13.5. The van der Waals surface area contributed by atoms with Gasteiger partial charge in [0.25, 0.3) is 11.6 Å². The lowest BCUT2D eigenvalue weighted by Crippen LogP contribution is -2.33. The standard InChI is InChI=1S/C12H13FN2O4/c13-10-5-8(15(18)19)3-4-9(10)12(17)14-6-11(16)7-1-2-7/h3-5,7,11,16H,1-2,6H2,(H,14,17). The number of benzene rings is 1. The minimum absolute atomic E-state index is 0.0555. The number of hydrogen-bond acceptors (Lipinski definition) is 4. The number of non-ortho nitro benzene ring substituents is 1. The number of nitro groups is 1. The average Bonchev–Trinajstić information content (AvgIpc) is 3.19. The molecule has 0 aromatic heterocycles. The first kappa shape index (κ1) is 13.4. The van der Waals surface area contributed by atoms with E-state index in [1.165, 1.54) is 0 Å². The van der Waals surface area contributed by atoms with Gasteiger partial charge in [0.05, 0.1) is 22.7 Å². The van der Waals surface area contributed by atoms with Crippen molar-refractivity contribution < 1.29 is 19.2 Å². The second-order valence-corrected chi connectivity index (χ2v) is 4.54. The van der Waals surface area contributed by atoms with E-state index in [2.05, 4.69) is 5.32 Å². The van der Waals surface area contributed by atoms with Gasteiger partial charge in [-0.15, -0.1) is 0 Å². The number of rotatable bonds is 5. The highest BCUT2D eigenvalue weighted by atomic mass is 19.1. The van der Waals surface area contributed by atoms with Crippen LogP contribution >= 0.6 is 0 Å². The Bertz CT molecular complexity index is 516. The number of carbonyl (C=O) groups is 1. The summed E-state index contributed by atoms with van der Waals surface area (Å²) in [5.74, 6) is -1.43. The molecule has 0 radical (unpaired) electrons. The predicted molar refractivity (Wildman–Crippen MR) is 64.1 cm³/mol. The second-order valence-electron chi connectivity index (χ2n) is 4.54. The van der Waals surface area contributed by atoms with Gasteiger partial charge in [-0.25, -0.2) is 4.39 Å². The largest absolute Gasteiger partial charge is 0.391 e. The highest BCUT2D eigenvalue weighted by molar-refractivity contribution is 5.94. The van der Waals surface area contributed by atoms with Gasteiger partial charge < -0.3 is 10.4 Å². The van der Waals surface area contributed by atoms with Crippen LogP contribution in [0.5, 0.6) is 0 Å². The molecule has 0 bridgehead atoms. The Morgan fingerprint density at radius 1 is 1.58 bits per heavy atom. The summed E-state index contributed by atoms with van der Waals surface area (Å²) in [5.41, 5.74) is -0.680. The fourth-order valence-electron chi connectivity index (χ4n) is 1.74. The molecule has 1 fully saturated rings. The number of nitrogens with one attached hydrogen (secondary N) is 1. The molecule has 102 valence electrons. The van der Waals surface area contributed by atoms with Gasteiger partial charge in [-0.1, -0.05) is 0 Å². The molecular weight excluding hydrogens is 255 g/mol. The molecule has 2 rings (SSSR count).